The number of rotatable bonds is 5. The molecule has 6 heteroatoms. The van der Waals surface area contributed by atoms with E-state index in [0.29, 0.717) is 32.2 Å². The minimum absolute atomic E-state index is 0.0539. The number of aliphatic carboxylic acids is 1. The quantitative estimate of drug-likeness (QED) is 0.873. The number of carboxylic acids is 1. The first-order valence-electron chi connectivity index (χ1n) is 7.87. The minimum atomic E-state index is -0.733. The Morgan fingerprint density at radius 2 is 1.91 bits per heavy atom. The van der Waals surface area contributed by atoms with Gasteiger partial charge >= 0.3 is 12.0 Å². The van der Waals surface area contributed by atoms with Crippen LogP contribution in [0.15, 0.2) is 24.3 Å². The summed E-state index contributed by atoms with van der Waals surface area (Å²) in [4.78, 5) is 24.8. The van der Waals surface area contributed by atoms with Crippen LogP contribution in [0, 0.1) is 5.92 Å². The van der Waals surface area contributed by atoms with Crippen LogP contribution in [0.1, 0.15) is 31.2 Å². The maximum Gasteiger partial charge on any atom is 0.317 e. The number of amides is 2. The number of urea groups is 1. The Labute approximate surface area is 136 Å². The molecule has 2 rings (SSSR count). The number of nitrogens with zero attached hydrogens (tertiary/aromatic N) is 1. The van der Waals surface area contributed by atoms with Crippen LogP contribution < -0.4 is 10.1 Å². The molecule has 23 heavy (non-hydrogen) atoms. The van der Waals surface area contributed by atoms with Gasteiger partial charge in [-0.1, -0.05) is 18.2 Å². The van der Waals surface area contributed by atoms with E-state index in [0.717, 1.165) is 11.3 Å². The van der Waals surface area contributed by atoms with Crippen molar-refractivity contribution < 1.29 is 19.4 Å². The second-order valence-corrected chi connectivity index (χ2v) is 6.00. The van der Waals surface area contributed by atoms with E-state index in [2.05, 4.69) is 5.32 Å². The maximum atomic E-state index is 12.3. The lowest BCUT2D eigenvalue weighted by Gasteiger charge is -2.29. The van der Waals surface area contributed by atoms with Gasteiger partial charge in [-0.25, -0.2) is 4.79 Å². The average molecular weight is 320 g/mol. The molecule has 2 N–H and O–H groups in total. The van der Waals surface area contributed by atoms with E-state index in [4.69, 9.17) is 9.84 Å². The zero-order valence-electron chi connectivity index (χ0n) is 13.6. The number of carbonyl (C=O) groups excluding carboxylic acids is 1. The lowest BCUT2D eigenvalue weighted by molar-refractivity contribution is -0.142. The highest BCUT2D eigenvalue weighted by atomic mass is 16.5. The van der Waals surface area contributed by atoms with Gasteiger partial charge in [0, 0.05) is 18.7 Å². The molecule has 126 valence electrons. The highest BCUT2D eigenvalue weighted by Gasteiger charge is 2.27. The number of hydrogen-bond donors (Lipinski definition) is 2. The molecule has 1 aliphatic rings. The zero-order valence-corrected chi connectivity index (χ0v) is 13.6. The molecule has 2 amide bonds. The van der Waals surface area contributed by atoms with Gasteiger partial charge in [0.25, 0.3) is 0 Å². The monoisotopic (exact) mass is 320 g/mol. The van der Waals surface area contributed by atoms with Crippen molar-refractivity contribution in [2.75, 3.05) is 14.2 Å². The Hall–Kier alpha value is -2.24. The first kappa shape index (κ1) is 17.1. The summed E-state index contributed by atoms with van der Waals surface area (Å²) in [6, 6.07) is 7.52. The van der Waals surface area contributed by atoms with Gasteiger partial charge < -0.3 is 20.1 Å². The smallest absolute Gasteiger partial charge is 0.317 e. The van der Waals surface area contributed by atoms with Crippen LogP contribution in [-0.4, -0.2) is 42.2 Å². The van der Waals surface area contributed by atoms with Crippen molar-refractivity contribution in [2.45, 2.75) is 38.3 Å². The van der Waals surface area contributed by atoms with Crippen LogP contribution in [0.3, 0.4) is 0 Å². The molecule has 1 aliphatic carbocycles. The van der Waals surface area contributed by atoms with Crippen molar-refractivity contribution in [3.63, 3.8) is 0 Å². The van der Waals surface area contributed by atoms with Crippen LogP contribution in [0.2, 0.25) is 0 Å². The van der Waals surface area contributed by atoms with Gasteiger partial charge in [0.15, 0.2) is 0 Å². The van der Waals surface area contributed by atoms with E-state index < -0.39 is 5.97 Å². The summed E-state index contributed by atoms with van der Waals surface area (Å²) in [6.45, 7) is 0.459. The molecule has 1 aromatic rings. The van der Waals surface area contributed by atoms with Crippen LogP contribution in [0.5, 0.6) is 5.75 Å². The number of nitrogens with one attached hydrogen (secondary N) is 1. The summed E-state index contributed by atoms with van der Waals surface area (Å²) in [5.41, 5.74) is 0.947. The van der Waals surface area contributed by atoms with Gasteiger partial charge in [-0.3, -0.25) is 4.79 Å². The number of benzene rings is 1. The number of methoxy groups -OCH3 is 1. The largest absolute Gasteiger partial charge is 0.496 e. The standard InChI is InChI=1S/C17H24N2O4/c1-19(11-13-5-3-4-6-15(13)23-2)17(22)18-14-9-7-12(8-10-14)16(20)21/h3-6,12,14H,7-11H2,1-2H3,(H,18,22)(H,20,21). The molecule has 0 saturated heterocycles. The molecule has 0 unspecified atom stereocenters. The van der Waals surface area contributed by atoms with E-state index in [9.17, 15) is 9.59 Å². The second-order valence-electron chi connectivity index (χ2n) is 6.00. The van der Waals surface area contributed by atoms with Gasteiger partial charge in [-0.15, -0.1) is 0 Å². The van der Waals surface area contributed by atoms with Crippen molar-refractivity contribution in [1.82, 2.24) is 10.2 Å². The first-order valence-corrected chi connectivity index (χ1v) is 7.87. The van der Waals surface area contributed by atoms with Crippen molar-refractivity contribution in [3.05, 3.63) is 29.8 Å². The molecule has 0 aromatic heterocycles. The lowest BCUT2D eigenvalue weighted by Crippen LogP contribution is -2.44. The van der Waals surface area contributed by atoms with E-state index >= 15 is 0 Å². The molecule has 0 atom stereocenters. The Morgan fingerprint density at radius 1 is 1.26 bits per heavy atom. The Bertz CT molecular complexity index is 553. The topological polar surface area (TPSA) is 78.9 Å². The minimum Gasteiger partial charge on any atom is -0.496 e. The van der Waals surface area contributed by atoms with Gasteiger partial charge in [0.2, 0.25) is 0 Å². The molecular formula is C17H24N2O4. The number of carboxylic acid groups (broad SMARTS) is 1. The Kier molecular flexibility index (Phi) is 5.84. The average Bonchev–Trinajstić information content (AvgIpc) is 2.55. The van der Waals surface area contributed by atoms with Crippen molar-refractivity contribution in [3.8, 4) is 5.75 Å². The third kappa shape index (κ3) is 4.61. The number of carbonyl (C=O) groups is 2. The fourth-order valence-corrected chi connectivity index (χ4v) is 2.93. The van der Waals surface area contributed by atoms with Gasteiger partial charge in [0.1, 0.15) is 5.75 Å². The van der Waals surface area contributed by atoms with Gasteiger partial charge in [-0.2, -0.15) is 0 Å². The summed E-state index contributed by atoms with van der Waals surface area (Å²) in [5.74, 6) is -0.244. The lowest BCUT2D eigenvalue weighted by atomic mass is 9.86. The second kappa shape index (κ2) is 7.85. The third-order valence-electron chi connectivity index (χ3n) is 4.35. The fourth-order valence-electron chi connectivity index (χ4n) is 2.93. The van der Waals surface area contributed by atoms with E-state index in [1.807, 2.05) is 24.3 Å². The molecule has 6 nitrogen and oxygen atoms in total. The van der Waals surface area contributed by atoms with Crippen molar-refractivity contribution in [2.24, 2.45) is 5.92 Å². The molecule has 0 aliphatic heterocycles. The Balaban J connectivity index is 1.85. The normalized spacial score (nSPS) is 20.6. The Morgan fingerprint density at radius 3 is 2.52 bits per heavy atom. The zero-order chi connectivity index (χ0) is 16.8. The highest BCUT2D eigenvalue weighted by Crippen LogP contribution is 2.24. The molecule has 0 spiro atoms. The third-order valence-corrected chi connectivity index (χ3v) is 4.35. The first-order chi connectivity index (χ1) is 11.0. The van der Waals surface area contributed by atoms with Gasteiger partial charge in [0.05, 0.1) is 19.6 Å². The maximum absolute atomic E-state index is 12.3. The summed E-state index contributed by atoms with van der Waals surface area (Å²) in [5, 5.41) is 12.0. The molecular weight excluding hydrogens is 296 g/mol. The van der Waals surface area contributed by atoms with E-state index in [-0.39, 0.29) is 18.0 Å². The summed E-state index contributed by atoms with van der Waals surface area (Å²) in [6.07, 6.45) is 2.67. The predicted octanol–water partition coefficient (Wildman–Crippen LogP) is 2.48. The van der Waals surface area contributed by atoms with Crippen LogP contribution in [0.25, 0.3) is 0 Å². The fraction of sp³-hybridized carbons (Fsp3) is 0.529. The van der Waals surface area contributed by atoms with Crippen molar-refractivity contribution >= 4 is 12.0 Å². The summed E-state index contributed by atoms with van der Waals surface area (Å²) >= 11 is 0. The highest BCUT2D eigenvalue weighted by molar-refractivity contribution is 5.74. The number of hydrogen-bond acceptors (Lipinski definition) is 3. The molecule has 0 heterocycles. The van der Waals surface area contributed by atoms with Crippen LogP contribution in [-0.2, 0) is 11.3 Å². The van der Waals surface area contributed by atoms with E-state index in [1.165, 1.54) is 0 Å². The molecule has 0 bridgehead atoms. The summed E-state index contributed by atoms with van der Waals surface area (Å²) in [7, 11) is 3.35. The van der Waals surface area contributed by atoms with Crippen LogP contribution >= 0.6 is 0 Å². The number of para-hydroxylation sites is 1. The molecule has 1 fully saturated rings. The molecule has 1 saturated carbocycles. The predicted molar refractivity (Wildman–Crippen MR) is 86.4 cm³/mol. The van der Waals surface area contributed by atoms with E-state index in [1.54, 1.807) is 19.1 Å². The molecule has 1 aromatic carbocycles. The molecule has 0 radical (unpaired) electrons. The number of ether oxygens (including phenoxy) is 1. The SMILES string of the molecule is COc1ccccc1CN(C)C(=O)NC1CCC(C(=O)O)CC1. The van der Waals surface area contributed by atoms with Crippen LogP contribution in [0.4, 0.5) is 4.79 Å². The van der Waals surface area contributed by atoms with Gasteiger partial charge in [-0.05, 0) is 31.7 Å². The summed E-state index contributed by atoms with van der Waals surface area (Å²) < 4.78 is 5.30. The van der Waals surface area contributed by atoms with Crippen molar-refractivity contribution in [1.29, 1.82) is 0 Å².